The van der Waals surface area contributed by atoms with E-state index in [4.69, 9.17) is 0 Å². The molecular formula is C23H30N2O. The number of hydrogen-bond acceptors (Lipinski definition) is 2. The fourth-order valence-electron chi connectivity index (χ4n) is 3.73. The van der Waals surface area contributed by atoms with Gasteiger partial charge in [0.05, 0.1) is 5.41 Å². The summed E-state index contributed by atoms with van der Waals surface area (Å²) < 4.78 is 0. The maximum atomic E-state index is 13.0. The van der Waals surface area contributed by atoms with Gasteiger partial charge in [-0.3, -0.25) is 4.79 Å². The lowest BCUT2D eigenvalue weighted by Crippen LogP contribution is -2.44. The first-order chi connectivity index (χ1) is 12.4. The quantitative estimate of drug-likeness (QED) is 0.827. The molecule has 0 spiro atoms. The van der Waals surface area contributed by atoms with Crippen molar-refractivity contribution in [1.29, 1.82) is 0 Å². The summed E-state index contributed by atoms with van der Waals surface area (Å²) in [7, 11) is 4.16. The van der Waals surface area contributed by atoms with E-state index in [1.165, 1.54) is 22.3 Å². The van der Waals surface area contributed by atoms with Gasteiger partial charge in [-0.25, -0.2) is 0 Å². The van der Waals surface area contributed by atoms with Crippen LogP contribution in [0.15, 0.2) is 48.5 Å². The lowest BCUT2D eigenvalue weighted by Gasteiger charge is -2.26. The monoisotopic (exact) mass is 350 g/mol. The molecule has 1 atom stereocenters. The van der Waals surface area contributed by atoms with Gasteiger partial charge in [0.1, 0.15) is 0 Å². The van der Waals surface area contributed by atoms with Gasteiger partial charge >= 0.3 is 0 Å². The van der Waals surface area contributed by atoms with Gasteiger partial charge in [-0.05, 0) is 58.3 Å². The van der Waals surface area contributed by atoms with Crippen molar-refractivity contribution in [2.75, 3.05) is 20.6 Å². The molecule has 0 saturated heterocycles. The minimum absolute atomic E-state index is 0.183. The highest BCUT2D eigenvalue weighted by atomic mass is 16.2. The molecule has 2 aromatic carbocycles. The maximum absolute atomic E-state index is 13.0. The molecule has 3 nitrogen and oxygen atoms in total. The standard InChI is InChI=1S/C23H30N2O/c1-17-12-18(2)14-20(13-17)23(10-11-23)22(26)24-16-21(25(3)4)15-19-8-6-5-7-9-19/h5-9,12-14,21H,10-11,15-16H2,1-4H3,(H,24,26). The summed E-state index contributed by atoms with van der Waals surface area (Å²) in [6.07, 6.45) is 2.84. The number of benzene rings is 2. The molecule has 1 amide bonds. The molecule has 138 valence electrons. The van der Waals surface area contributed by atoms with Crippen LogP contribution in [0.2, 0.25) is 0 Å². The minimum Gasteiger partial charge on any atom is -0.354 e. The van der Waals surface area contributed by atoms with E-state index in [0.717, 1.165) is 19.3 Å². The van der Waals surface area contributed by atoms with Gasteiger partial charge < -0.3 is 10.2 Å². The average Bonchev–Trinajstić information content (AvgIpc) is 3.40. The summed E-state index contributed by atoms with van der Waals surface area (Å²) >= 11 is 0. The number of amides is 1. The molecular weight excluding hydrogens is 320 g/mol. The lowest BCUT2D eigenvalue weighted by atomic mass is 9.92. The first kappa shape index (κ1) is 18.7. The molecule has 3 heteroatoms. The number of aryl methyl sites for hydroxylation is 2. The molecule has 1 aliphatic carbocycles. The SMILES string of the molecule is Cc1cc(C)cc(C2(C(=O)NCC(Cc3ccccc3)N(C)C)CC2)c1. The zero-order valence-corrected chi connectivity index (χ0v) is 16.4. The number of likely N-dealkylation sites (N-methyl/N-ethyl adjacent to an activating group) is 1. The van der Waals surface area contributed by atoms with E-state index >= 15 is 0 Å². The number of hydrogen-bond donors (Lipinski definition) is 1. The smallest absolute Gasteiger partial charge is 0.230 e. The van der Waals surface area contributed by atoms with Crippen molar-refractivity contribution in [3.8, 4) is 0 Å². The maximum Gasteiger partial charge on any atom is 0.230 e. The summed E-state index contributed by atoms with van der Waals surface area (Å²) in [5, 5.41) is 3.24. The van der Waals surface area contributed by atoms with Gasteiger partial charge in [-0.1, -0.05) is 59.7 Å². The van der Waals surface area contributed by atoms with Crippen LogP contribution >= 0.6 is 0 Å². The summed E-state index contributed by atoms with van der Waals surface area (Å²) in [6.45, 7) is 4.88. The zero-order chi connectivity index (χ0) is 18.7. The zero-order valence-electron chi connectivity index (χ0n) is 16.4. The van der Waals surface area contributed by atoms with Crippen LogP contribution in [0.3, 0.4) is 0 Å². The molecule has 26 heavy (non-hydrogen) atoms. The molecule has 3 rings (SSSR count). The van der Waals surface area contributed by atoms with Crippen LogP contribution in [-0.4, -0.2) is 37.5 Å². The second-order valence-corrected chi connectivity index (χ2v) is 7.98. The fourth-order valence-corrected chi connectivity index (χ4v) is 3.73. The number of carbonyl (C=O) groups excluding carboxylic acids is 1. The molecule has 1 aliphatic rings. The van der Waals surface area contributed by atoms with Crippen molar-refractivity contribution < 1.29 is 4.79 Å². The third-order valence-electron chi connectivity index (χ3n) is 5.50. The van der Waals surface area contributed by atoms with Crippen molar-refractivity contribution in [2.24, 2.45) is 0 Å². The Hall–Kier alpha value is -2.13. The van der Waals surface area contributed by atoms with Gasteiger partial charge in [0.2, 0.25) is 5.91 Å². The molecule has 1 fully saturated rings. The highest BCUT2D eigenvalue weighted by Crippen LogP contribution is 2.48. The Balaban J connectivity index is 1.66. The highest BCUT2D eigenvalue weighted by Gasteiger charge is 2.51. The fraction of sp³-hybridized carbons (Fsp3) is 0.435. The molecule has 0 aliphatic heterocycles. The second kappa shape index (κ2) is 7.63. The first-order valence-corrected chi connectivity index (χ1v) is 9.48. The highest BCUT2D eigenvalue weighted by molar-refractivity contribution is 5.91. The summed E-state index contributed by atoms with van der Waals surface area (Å²) in [5.41, 5.74) is 4.64. The number of nitrogens with one attached hydrogen (secondary N) is 1. The Bertz CT molecular complexity index is 743. The summed E-state index contributed by atoms with van der Waals surface area (Å²) in [6, 6.07) is 17.3. The minimum atomic E-state index is -0.305. The van der Waals surface area contributed by atoms with E-state index in [1.807, 2.05) is 6.07 Å². The molecule has 1 unspecified atom stereocenters. The predicted octanol–water partition coefficient (Wildman–Crippen LogP) is 3.62. The van der Waals surface area contributed by atoms with Gasteiger partial charge in [-0.15, -0.1) is 0 Å². The number of carbonyl (C=O) groups is 1. The first-order valence-electron chi connectivity index (χ1n) is 9.48. The molecule has 1 saturated carbocycles. The molecule has 0 heterocycles. The van der Waals surface area contributed by atoms with Crippen LogP contribution in [0.5, 0.6) is 0 Å². The topological polar surface area (TPSA) is 32.3 Å². The summed E-state index contributed by atoms with van der Waals surface area (Å²) in [5.74, 6) is 0.183. The Morgan fingerprint density at radius 1 is 1.08 bits per heavy atom. The average molecular weight is 351 g/mol. The van der Waals surface area contributed by atoms with Crippen molar-refractivity contribution in [3.05, 3.63) is 70.8 Å². The Morgan fingerprint density at radius 2 is 1.69 bits per heavy atom. The van der Waals surface area contributed by atoms with Crippen LogP contribution in [-0.2, 0) is 16.6 Å². The van der Waals surface area contributed by atoms with E-state index in [-0.39, 0.29) is 17.4 Å². The normalized spacial score (nSPS) is 16.3. The molecule has 1 N–H and O–H groups in total. The van der Waals surface area contributed by atoms with Crippen molar-refractivity contribution in [2.45, 2.75) is 44.6 Å². The number of nitrogens with zero attached hydrogens (tertiary/aromatic N) is 1. The van der Waals surface area contributed by atoms with E-state index in [1.54, 1.807) is 0 Å². The largest absolute Gasteiger partial charge is 0.354 e. The van der Waals surface area contributed by atoms with Gasteiger partial charge in [0, 0.05) is 12.6 Å². The van der Waals surface area contributed by atoms with Crippen molar-refractivity contribution in [1.82, 2.24) is 10.2 Å². The van der Waals surface area contributed by atoms with Gasteiger partial charge in [0.15, 0.2) is 0 Å². The Labute approximate surface area is 157 Å². The van der Waals surface area contributed by atoms with Crippen molar-refractivity contribution >= 4 is 5.91 Å². The van der Waals surface area contributed by atoms with Crippen LogP contribution in [0.25, 0.3) is 0 Å². The van der Waals surface area contributed by atoms with E-state index < -0.39 is 0 Å². The molecule has 2 aromatic rings. The Kier molecular flexibility index (Phi) is 5.47. The molecule has 0 aromatic heterocycles. The van der Waals surface area contributed by atoms with Crippen LogP contribution < -0.4 is 5.32 Å². The third-order valence-corrected chi connectivity index (χ3v) is 5.50. The van der Waals surface area contributed by atoms with E-state index in [9.17, 15) is 4.79 Å². The third kappa shape index (κ3) is 4.16. The summed E-state index contributed by atoms with van der Waals surface area (Å²) in [4.78, 5) is 15.2. The predicted molar refractivity (Wildman–Crippen MR) is 107 cm³/mol. The lowest BCUT2D eigenvalue weighted by molar-refractivity contribution is -0.123. The molecule has 0 radical (unpaired) electrons. The number of rotatable bonds is 7. The van der Waals surface area contributed by atoms with E-state index in [2.05, 4.69) is 80.6 Å². The molecule has 0 bridgehead atoms. The van der Waals surface area contributed by atoms with Crippen LogP contribution in [0, 0.1) is 13.8 Å². The van der Waals surface area contributed by atoms with Crippen molar-refractivity contribution in [3.63, 3.8) is 0 Å². The van der Waals surface area contributed by atoms with E-state index in [0.29, 0.717) is 6.54 Å². The van der Waals surface area contributed by atoms with Gasteiger partial charge in [-0.2, -0.15) is 0 Å². The Morgan fingerprint density at radius 3 is 2.23 bits per heavy atom. The van der Waals surface area contributed by atoms with Gasteiger partial charge in [0.25, 0.3) is 0 Å². The van der Waals surface area contributed by atoms with Crippen LogP contribution in [0.1, 0.15) is 35.1 Å². The van der Waals surface area contributed by atoms with Crippen LogP contribution in [0.4, 0.5) is 0 Å². The second-order valence-electron chi connectivity index (χ2n) is 7.98.